The summed E-state index contributed by atoms with van der Waals surface area (Å²) >= 11 is 0. The van der Waals surface area contributed by atoms with Crippen LogP contribution < -0.4 is 0 Å². The molecule has 0 saturated heterocycles. The van der Waals surface area contributed by atoms with E-state index in [9.17, 15) is 17.2 Å². The minimum absolute atomic E-state index is 0.0261. The van der Waals surface area contributed by atoms with Gasteiger partial charge in [-0.05, 0) is 31.6 Å². The number of rotatable bonds is 5. The molecule has 0 heterocycles. The van der Waals surface area contributed by atoms with Crippen LogP contribution >= 0.6 is 0 Å². The van der Waals surface area contributed by atoms with Gasteiger partial charge in [0.15, 0.2) is 0 Å². The van der Waals surface area contributed by atoms with Crippen LogP contribution in [0.5, 0.6) is 0 Å². The molecule has 1 aliphatic rings. The second-order valence-corrected chi connectivity index (χ2v) is 5.68. The second kappa shape index (κ2) is 5.21. The van der Waals surface area contributed by atoms with Crippen molar-refractivity contribution in [3.63, 3.8) is 0 Å². The predicted molar refractivity (Wildman–Crippen MR) is 52.5 cm³/mol. The zero-order valence-electron chi connectivity index (χ0n) is 8.66. The van der Waals surface area contributed by atoms with E-state index in [1.165, 1.54) is 0 Å². The fourth-order valence-electron chi connectivity index (χ4n) is 1.85. The first kappa shape index (κ1) is 12.8. The van der Waals surface area contributed by atoms with Crippen molar-refractivity contribution in [2.45, 2.75) is 38.0 Å². The summed E-state index contributed by atoms with van der Waals surface area (Å²) in [5.74, 6) is 0.0261. The van der Waals surface area contributed by atoms with Gasteiger partial charge in [0.05, 0.1) is 12.9 Å². The maximum absolute atomic E-state index is 12.8. The Morgan fingerprint density at radius 2 is 1.80 bits per heavy atom. The summed E-state index contributed by atoms with van der Waals surface area (Å²) in [6.45, 7) is 0.100. The summed E-state index contributed by atoms with van der Waals surface area (Å²) in [6.07, 6.45) is -0.0533. The quantitative estimate of drug-likeness (QED) is 0.545. The lowest BCUT2D eigenvalue weighted by Crippen LogP contribution is -2.06. The van der Waals surface area contributed by atoms with Crippen LogP contribution in [0, 0.1) is 5.92 Å². The van der Waals surface area contributed by atoms with E-state index in [0.717, 1.165) is 6.26 Å². The predicted octanol–water partition coefficient (Wildman–Crippen LogP) is 1.83. The molecule has 0 aromatic heterocycles. The summed E-state index contributed by atoms with van der Waals surface area (Å²) in [4.78, 5) is 0. The lowest BCUT2D eigenvalue weighted by Gasteiger charge is -2.07. The first-order valence-corrected chi connectivity index (χ1v) is 6.82. The molecule has 1 rings (SSSR count). The molecule has 2 atom stereocenters. The smallest absolute Gasteiger partial charge is 0.264 e. The zero-order chi connectivity index (χ0) is 11.5. The summed E-state index contributed by atoms with van der Waals surface area (Å²) in [5, 5.41) is 0. The molecule has 1 fully saturated rings. The maximum atomic E-state index is 12.8. The van der Waals surface area contributed by atoms with Crippen LogP contribution in [0.25, 0.3) is 0 Å². The monoisotopic (exact) mass is 242 g/mol. The maximum Gasteiger partial charge on any atom is 0.264 e. The lowest BCUT2D eigenvalue weighted by molar-refractivity contribution is 0.199. The highest BCUT2D eigenvalue weighted by atomic mass is 32.2. The summed E-state index contributed by atoms with van der Waals surface area (Å²) in [7, 11) is -3.39. The van der Waals surface area contributed by atoms with Crippen LogP contribution in [0.15, 0.2) is 0 Å². The Hall–Kier alpha value is -0.230. The number of halogens is 2. The first-order chi connectivity index (χ1) is 6.88. The van der Waals surface area contributed by atoms with Crippen LogP contribution in [-0.4, -0.2) is 33.6 Å². The molecule has 1 saturated carbocycles. The van der Waals surface area contributed by atoms with Crippen LogP contribution in [0.4, 0.5) is 8.78 Å². The number of alkyl halides is 2. The molecular formula is C9H16F2O3S. The minimum Gasteiger partial charge on any atom is -0.270 e. The minimum atomic E-state index is -3.39. The van der Waals surface area contributed by atoms with Gasteiger partial charge in [0.2, 0.25) is 0 Å². The van der Waals surface area contributed by atoms with Crippen LogP contribution in [-0.2, 0) is 14.3 Å². The van der Waals surface area contributed by atoms with Crippen molar-refractivity contribution in [1.29, 1.82) is 0 Å². The van der Waals surface area contributed by atoms with Crippen molar-refractivity contribution in [1.82, 2.24) is 0 Å². The summed E-state index contributed by atoms with van der Waals surface area (Å²) < 4.78 is 51.2. The van der Waals surface area contributed by atoms with Gasteiger partial charge in [0.25, 0.3) is 10.1 Å². The van der Waals surface area contributed by atoms with Gasteiger partial charge in [-0.25, -0.2) is 8.78 Å². The van der Waals surface area contributed by atoms with E-state index in [1.807, 2.05) is 0 Å². The standard InChI is InChI=1S/C9H16F2O3S/c1-15(12,13)14-4-2-3-7-5-8(10)9(11)6-7/h7-9H,2-6H2,1H3. The van der Waals surface area contributed by atoms with Crippen molar-refractivity contribution in [3.05, 3.63) is 0 Å². The average molecular weight is 242 g/mol. The van der Waals surface area contributed by atoms with Gasteiger partial charge in [0, 0.05) is 0 Å². The number of hydrogen-bond donors (Lipinski definition) is 0. The van der Waals surface area contributed by atoms with E-state index in [2.05, 4.69) is 4.18 Å². The Morgan fingerprint density at radius 3 is 2.27 bits per heavy atom. The zero-order valence-corrected chi connectivity index (χ0v) is 9.47. The van der Waals surface area contributed by atoms with Crippen LogP contribution in [0.3, 0.4) is 0 Å². The van der Waals surface area contributed by atoms with E-state index in [4.69, 9.17) is 0 Å². The van der Waals surface area contributed by atoms with E-state index < -0.39 is 22.5 Å². The van der Waals surface area contributed by atoms with Gasteiger partial charge in [-0.3, -0.25) is 4.18 Å². The molecule has 15 heavy (non-hydrogen) atoms. The van der Waals surface area contributed by atoms with E-state index in [0.29, 0.717) is 12.8 Å². The first-order valence-electron chi connectivity index (χ1n) is 5.01. The van der Waals surface area contributed by atoms with Crippen molar-refractivity contribution in [3.8, 4) is 0 Å². The molecule has 6 heteroatoms. The third-order valence-corrected chi connectivity index (χ3v) is 3.16. The van der Waals surface area contributed by atoms with Crippen molar-refractivity contribution >= 4 is 10.1 Å². The summed E-state index contributed by atoms with van der Waals surface area (Å²) in [5.41, 5.74) is 0. The Balaban J connectivity index is 2.12. The molecule has 2 unspecified atom stereocenters. The molecule has 0 aromatic rings. The molecule has 0 bridgehead atoms. The molecule has 90 valence electrons. The van der Waals surface area contributed by atoms with Crippen molar-refractivity contribution in [2.24, 2.45) is 5.92 Å². The molecule has 0 spiro atoms. The van der Waals surface area contributed by atoms with E-state index >= 15 is 0 Å². The van der Waals surface area contributed by atoms with Crippen molar-refractivity contribution in [2.75, 3.05) is 12.9 Å². The van der Waals surface area contributed by atoms with Gasteiger partial charge in [-0.2, -0.15) is 8.42 Å². The molecule has 0 N–H and O–H groups in total. The second-order valence-electron chi connectivity index (χ2n) is 4.04. The molecular weight excluding hydrogens is 226 g/mol. The Labute approximate surface area is 88.9 Å². The fourth-order valence-corrected chi connectivity index (χ4v) is 2.27. The third-order valence-electron chi connectivity index (χ3n) is 2.56. The lowest BCUT2D eigenvalue weighted by atomic mass is 10.0. The molecule has 0 aromatic carbocycles. The highest BCUT2D eigenvalue weighted by Gasteiger charge is 2.33. The molecule has 0 amide bonds. The molecule has 0 aliphatic heterocycles. The third kappa shape index (κ3) is 4.88. The van der Waals surface area contributed by atoms with E-state index in [-0.39, 0.29) is 25.4 Å². The van der Waals surface area contributed by atoms with Gasteiger partial charge < -0.3 is 0 Å². The Bertz CT molecular complexity index is 282. The van der Waals surface area contributed by atoms with Crippen LogP contribution in [0.2, 0.25) is 0 Å². The topological polar surface area (TPSA) is 43.4 Å². The highest BCUT2D eigenvalue weighted by molar-refractivity contribution is 7.85. The molecule has 1 aliphatic carbocycles. The highest BCUT2D eigenvalue weighted by Crippen LogP contribution is 2.33. The number of hydrogen-bond acceptors (Lipinski definition) is 3. The molecule has 0 radical (unpaired) electrons. The van der Waals surface area contributed by atoms with Crippen LogP contribution in [0.1, 0.15) is 25.7 Å². The Kier molecular flexibility index (Phi) is 4.45. The van der Waals surface area contributed by atoms with Gasteiger partial charge in [-0.1, -0.05) is 0 Å². The van der Waals surface area contributed by atoms with Crippen molar-refractivity contribution < 1.29 is 21.4 Å². The normalized spacial score (nSPS) is 32.1. The average Bonchev–Trinajstić information content (AvgIpc) is 2.39. The van der Waals surface area contributed by atoms with E-state index in [1.54, 1.807) is 0 Å². The summed E-state index contributed by atoms with van der Waals surface area (Å²) in [6, 6.07) is 0. The Morgan fingerprint density at radius 1 is 1.27 bits per heavy atom. The largest absolute Gasteiger partial charge is 0.270 e. The van der Waals surface area contributed by atoms with Gasteiger partial charge >= 0.3 is 0 Å². The fraction of sp³-hybridized carbons (Fsp3) is 1.00. The SMILES string of the molecule is CS(=O)(=O)OCCCC1CC(F)C(F)C1. The van der Waals surface area contributed by atoms with Gasteiger partial charge in [0.1, 0.15) is 12.3 Å². The molecule has 3 nitrogen and oxygen atoms in total. The van der Waals surface area contributed by atoms with Gasteiger partial charge in [-0.15, -0.1) is 0 Å².